The van der Waals surface area contributed by atoms with Gasteiger partial charge in [-0.2, -0.15) is 0 Å². The van der Waals surface area contributed by atoms with E-state index in [9.17, 15) is 14.4 Å². The summed E-state index contributed by atoms with van der Waals surface area (Å²) in [5, 5.41) is 5.13. The number of amides is 3. The van der Waals surface area contributed by atoms with Gasteiger partial charge in [-0.3, -0.25) is 14.4 Å². The second-order valence-corrected chi connectivity index (χ2v) is 4.01. The normalized spacial score (nSPS) is 12.0. The van der Waals surface area contributed by atoms with Crippen LogP contribution in [0.3, 0.4) is 0 Å². The van der Waals surface area contributed by atoms with Gasteiger partial charge in [0.05, 0.1) is 12.5 Å². The van der Waals surface area contributed by atoms with Crippen molar-refractivity contribution in [3.63, 3.8) is 0 Å². The summed E-state index contributed by atoms with van der Waals surface area (Å²) in [7, 11) is 0. The average molecular weight is 244 g/mol. The Balaban J connectivity index is 3.71. The van der Waals surface area contributed by atoms with Crippen molar-refractivity contribution < 1.29 is 14.4 Å². The first-order valence-electron chi connectivity index (χ1n) is 5.44. The maximum absolute atomic E-state index is 11.3. The molecule has 1 unspecified atom stereocenters. The van der Waals surface area contributed by atoms with Gasteiger partial charge in [0.15, 0.2) is 0 Å². The van der Waals surface area contributed by atoms with E-state index in [0.717, 1.165) is 0 Å². The number of nitrogens with one attached hydrogen (secondary N) is 2. The van der Waals surface area contributed by atoms with Gasteiger partial charge in [0.2, 0.25) is 17.7 Å². The maximum atomic E-state index is 11.3. The Morgan fingerprint density at radius 2 is 1.53 bits per heavy atom. The van der Waals surface area contributed by atoms with Gasteiger partial charge in [-0.1, -0.05) is 13.8 Å². The van der Waals surface area contributed by atoms with Crippen LogP contribution in [0.15, 0.2) is 0 Å². The van der Waals surface area contributed by atoms with E-state index in [1.807, 2.05) is 0 Å². The fraction of sp³-hybridized carbons (Fsp3) is 0.700. The van der Waals surface area contributed by atoms with Crippen LogP contribution in [-0.4, -0.2) is 36.9 Å². The second kappa shape index (κ2) is 7.61. The Hall–Kier alpha value is -1.63. The van der Waals surface area contributed by atoms with Crippen LogP contribution in [0.25, 0.3) is 0 Å². The summed E-state index contributed by atoms with van der Waals surface area (Å²) >= 11 is 0. The Morgan fingerprint density at radius 1 is 1.06 bits per heavy atom. The van der Waals surface area contributed by atoms with Crippen LogP contribution in [0.1, 0.15) is 20.3 Å². The Labute approximate surface area is 100 Å². The zero-order valence-corrected chi connectivity index (χ0v) is 10.2. The van der Waals surface area contributed by atoms with Crippen molar-refractivity contribution in [3.05, 3.63) is 0 Å². The summed E-state index contributed by atoms with van der Waals surface area (Å²) in [5.74, 6) is -1.26. The lowest BCUT2D eigenvalue weighted by Crippen LogP contribution is -2.45. The summed E-state index contributed by atoms with van der Waals surface area (Å²) < 4.78 is 0. The SMILES string of the molecule is CC(C)C(=O)NCCNC(=O)C(N)CC(N)=O. The number of hydrogen-bond acceptors (Lipinski definition) is 4. The zero-order valence-electron chi connectivity index (χ0n) is 10.2. The molecule has 0 bridgehead atoms. The van der Waals surface area contributed by atoms with Gasteiger partial charge >= 0.3 is 0 Å². The molecular weight excluding hydrogens is 224 g/mol. The first-order chi connectivity index (χ1) is 7.84. The maximum Gasteiger partial charge on any atom is 0.237 e. The molecule has 0 saturated carbocycles. The fourth-order valence-electron chi connectivity index (χ4n) is 1.02. The van der Waals surface area contributed by atoms with Crippen LogP contribution in [-0.2, 0) is 14.4 Å². The number of nitrogens with two attached hydrogens (primary N) is 2. The minimum Gasteiger partial charge on any atom is -0.370 e. The van der Waals surface area contributed by atoms with Crippen molar-refractivity contribution in [1.29, 1.82) is 0 Å². The van der Waals surface area contributed by atoms with Crippen LogP contribution < -0.4 is 22.1 Å². The molecule has 98 valence electrons. The molecule has 7 heteroatoms. The van der Waals surface area contributed by atoms with E-state index < -0.39 is 17.9 Å². The molecule has 7 nitrogen and oxygen atoms in total. The number of rotatable bonds is 7. The molecule has 0 aromatic heterocycles. The molecular formula is C10H20N4O3. The van der Waals surface area contributed by atoms with Crippen molar-refractivity contribution in [2.75, 3.05) is 13.1 Å². The third-order valence-corrected chi connectivity index (χ3v) is 2.01. The molecule has 0 aromatic rings. The van der Waals surface area contributed by atoms with Gasteiger partial charge in [0.25, 0.3) is 0 Å². The van der Waals surface area contributed by atoms with E-state index in [4.69, 9.17) is 11.5 Å². The molecule has 0 aliphatic carbocycles. The lowest BCUT2D eigenvalue weighted by molar-refractivity contribution is -0.126. The third kappa shape index (κ3) is 7.29. The largest absolute Gasteiger partial charge is 0.370 e. The molecule has 1 atom stereocenters. The topological polar surface area (TPSA) is 127 Å². The summed E-state index contributed by atoms with van der Waals surface area (Å²) in [4.78, 5) is 33.0. The summed E-state index contributed by atoms with van der Waals surface area (Å²) in [6, 6.07) is -0.937. The predicted molar refractivity (Wildman–Crippen MR) is 62.6 cm³/mol. The minimum atomic E-state index is -0.937. The minimum absolute atomic E-state index is 0.0827. The molecule has 0 rings (SSSR count). The summed E-state index contributed by atoms with van der Waals surface area (Å²) in [6.45, 7) is 4.14. The quantitative estimate of drug-likeness (QED) is 0.389. The Morgan fingerprint density at radius 3 is 1.94 bits per heavy atom. The van der Waals surface area contributed by atoms with Gasteiger partial charge in [0, 0.05) is 19.0 Å². The molecule has 0 saturated heterocycles. The molecule has 0 spiro atoms. The highest BCUT2D eigenvalue weighted by Gasteiger charge is 2.15. The molecule has 0 aromatic carbocycles. The van der Waals surface area contributed by atoms with E-state index >= 15 is 0 Å². The highest BCUT2D eigenvalue weighted by molar-refractivity contribution is 5.87. The van der Waals surface area contributed by atoms with E-state index in [-0.39, 0.29) is 24.8 Å². The number of carbonyl (C=O) groups excluding carboxylic acids is 3. The van der Waals surface area contributed by atoms with Crippen molar-refractivity contribution in [2.45, 2.75) is 26.3 Å². The zero-order chi connectivity index (χ0) is 13.4. The van der Waals surface area contributed by atoms with E-state index in [0.29, 0.717) is 6.54 Å². The van der Waals surface area contributed by atoms with Crippen LogP contribution in [0.4, 0.5) is 0 Å². The van der Waals surface area contributed by atoms with E-state index in [2.05, 4.69) is 10.6 Å². The van der Waals surface area contributed by atoms with Crippen molar-refractivity contribution >= 4 is 17.7 Å². The number of carbonyl (C=O) groups is 3. The lowest BCUT2D eigenvalue weighted by atomic mass is 10.2. The first-order valence-corrected chi connectivity index (χ1v) is 5.44. The van der Waals surface area contributed by atoms with Crippen LogP contribution in [0.2, 0.25) is 0 Å². The fourth-order valence-corrected chi connectivity index (χ4v) is 1.02. The monoisotopic (exact) mass is 244 g/mol. The average Bonchev–Trinajstić information content (AvgIpc) is 2.22. The van der Waals surface area contributed by atoms with Gasteiger partial charge in [-0.05, 0) is 0 Å². The molecule has 3 amide bonds. The highest BCUT2D eigenvalue weighted by atomic mass is 16.2. The van der Waals surface area contributed by atoms with Crippen molar-refractivity contribution in [3.8, 4) is 0 Å². The van der Waals surface area contributed by atoms with Crippen LogP contribution in [0, 0.1) is 5.92 Å². The smallest absolute Gasteiger partial charge is 0.237 e. The molecule has 0 radical (unpaired) electrons. The highest BCUT2D eigenvalue weighted by Crippen LogP contribution is 1.89. The molecule has 0 aliphatic heterocycles. The van der Waals surface area contributed by atoms with Crippen LogP contribution >= 0.6 is 0 Å². The van der Waals surface area contributed by atoms with Crippen LogP contribution in [0.5, 0.6) is 0 Å². The predicted octanol–water partition coefficient (Wildman–Crippen LogP) is -1.92. The van der Waals surface area contributed by atoms with Gasteiger partial charge in [-0.25, -0.2) is 0 Å². The van der Waals surface area contributed by atoms with E-state index in [1.165, 1.54) is 0 Å². The lowest BCUT2D eigenvalue weighted by Gasteiger charge is -2.11. The second-order valence-electron chi connectivity index (χ2n) is 4.01. The van der Waals surface area contributed by atoms with Gasteiger partial charge in [-0.15, -0.1) is 0 Å². The number of hydrogen-bond donors (Lipinski definition) is 4. The summed E-state index contributed by atoms with van der Waals surface area (Å²) in [6.07, 6.45) is -0.190. The first kappa shape index (κ1) is 15.4. The standard InChI is InChI=1S/C10H20N4O3/c1-6(2)9(16)13-3-4-14-10(17)7(11)5-8(12)15/h6-7H,3-5,11H2,1-2H3,(H2,12,15)(H,13,16)(H,14,17). The molecule has 6 N–H and O–H groups in total. The van der Waals surface area contributed by atoms with Gasteiger partial charge < -0.3 is 22.1 Å². The van der Waals surface area contributed by atoms with Gasteiger partial charge in [0.1, 0.15) is 0 Å². The molecule has 0 aliphatic rings. The number of primary amides is 1. The Bertz CT molecular complexity index is 291. The molecule has 0 fully saturated rings. The van der Waals surface area contributed by atoms with E-state index in [1.54, 1.807) is 13.8 Å². The van der Waals surface area contributed by atoms with Crippen molar-refractivity contribution in [1.82, 2.24) is 10.6 Å². The molecule has 17 heavy (non-hydrogen) atoms. The molecule has 0 heterocycles. The van der Waals surface area contributed by atoms with Crippen molar-refractivity contribution in [2.24, 2.45) is 17.4 Å². The Kier molecular flexibility index (Phi) is 6.88. The third-order valence-electron chi connectivity index (χ3n) is 2.01. The summed E-state index contributed by atoms with van der Waals surface area (Å²) in [5.41, 5.74) is 10.3.